The molecule has 80 valence electrons. The van der Waals surface area contributed by atoms with Gasteiger partial charge in [0.15, 0.2) is 0 Å². The van der Waals surface area contributed by atoms with Crippen molar-refractivity contribution >= 4 is 36.7 Å². The predicted molar refractivity (Wildman–Crippen MR) is 57.0 cm³/mol. The van der Waals surface area contributed by atoms with E-state index in [1.165, 1.54) is 0 Å². The lowest BCUT2D eigenvalue weighted by atomic mass is 10.8. The monoisotopic (exact) mass is 241 g/mol. The normalized spacial score (nSPS) is 8.86. The second kappa shape index (κ2) is 6.98. The minimum Gasteiger partial charge on any atom is -0.514 e. The van der Waals surface area contributed by atoms with Crippen LogP contribution in [0.4, 0.5) is 11.9 Å². The standard InChI is InChI=1S/C5H7N5O2.2ClH/c6-3-8-4(7-1-2-11)10-5(12)9-3;;/h1-2,11H,(H4,6,7,8,9,10,12);2*1H. The first-order valence-corrected chi connectivity index (χ1v) is 3.02. The zero-order chi connectivity index (χ0) is 8.97. The van der Waals surface area contributed by atoms with Gasteiger partial charge in [0, 0.05) is 6.20 Å². The van der Waals surface area contributed by atoms with Gasteiger partial charge in [-0.3, -0.25) is 4.98 Å². The van der Waals surface area contributed by atoms with E-state index < -0.39 is 5.69 Å². The van der Waals surface area contributed by atoms with E-state index >= 15 is 0 Å². The molecular weight excluding hydrogens is 233 g/mol. The molecule has 14 heavy (non-hydrogen) atoms. The Morgan fingerprint density at radius 3 is 2.57 bits per heavy atom. The number of H-pyrrole nitrogens is 1. The molecule has 0 unspecified atom stereocenters. The summed E-state index contributed by atoms with van der Waals surface area (Å²) in [6, 6.07) is 0. The highest BCUT2D eigenvalue weighted by Gasteiger charge is 1.95. The van der Waals surface area contributed by atoms with Crippen molar-refractivity contribution in [3.63, 3.8) is 0 Å². The van der Waals surface area contributed by atoms with Crippen molar-refractivity contribution in [1.29, 1.82) is 0 Å². The molecular formula is C5H9Cl2N5O2. The van der Waals surface area contributed by atoms with Crippen molar-refractivity contribution in [1.82, 2.24) is 15.0 Å². The molecule has 0 aliphatic carbocycles. The topological polar surface area (TPSA) is 117 Å². The number of aliphatic hydroxyl groups is 1. The van der Waals surface area contributed by atoms with Gasteiger partial charge in [0.1, 0.15) is 0 Å². The van der Waals surface area contributed by atoms with Gasteiger partial charge >= 0.3 is 5.69 Å². The number of halogens is 2. The minimum absolute atomic E-state index is 0. The van der Waals surface area contributed by atoms with Gasteiger partial charge in [-0.25, -0.2) is 4.79 Å². The third-order valence-electron chi connectivity index (χ3n) is 0.956. The van der Waals surface area contributed by atoms with Gasteiger partial charge in [0.05, 0.1) is 6.26 Å². The molecule has 1 aromatic heterocycles. The van der Waals surface area contributed by atoms with Crippen LogP contribution in [0.3, 0.4) is 0 Å². The summed E-state index contributed by atoms with van der Waals surface area (Å²) in [5.74, 6) is -0.00890. The molecule has 7 nitrogen and oxygen atoms in total. The van der Waals surface area contributed by atoms with Crippen LogP contribution < -0.4 is 16.7 Å². The number of nitrogen functional groups attached to an aromatic ring is 1. The number of rotatable bonds is 2. The van der Waals surface area contributed by atoms with E-state index in [-0.39, 0.29) is 36.7 Å². The molecule has 0 aromatic carbocycles. The summed E-state index contributed by atoms with van der Waals surface area (Å²) >= 11 is 0. The highest BCUT2D eigenvalue weighted by Crippen LogP contribution is 1.93. The van der Waals surface area contributed by atoms with Crippen molar-refractivity contribution in [2.75, 3.05) is 11.1 Å². The first kappa shape index (κ1) is 15.0. The van der Waals surface area contributed by atoms with Gasteiger partial charge in [-0.15, -0.1) is 24.8 Å². The van der Waals surface area contributed by atoms with E-state index in [0.29, 0.717) is 0 Å². The molecule has 0 fully saturated rings. The molecule has 5 N–H and O–H groups in total. The third kappa shape index (κ3) is 4.53. The number of nitrogens with zero attached hydrogens (tertiary/aromatic N) is 2. The first-order chi connectivity index (χ1) is 5.72. The number of hydrogen-bond donors (Lipinski definition) is 4. The zero-order valence-corrected chi connectivity index (χ0v) is 8.43. The summed E-state index contributed by atoms with van der Waals surface area (Å²) in [5.41, 5.74) is 4.60. The molecule has 0 saturated carbocycles. The summed E-state index contributed by atoms with van der Waals surface area (Å²) in [6.45, 7) is 0. The molecule has 1 rings (SSSR count). The Labute approximate surface area is 91.3 Å². The summed E-state index contributed by atoms with van der Waals surface area (Å²) in [7, 11) is 0. The maximum Gasteiger partial charge on any atom is 0.350 e. The number of anilines is 2. The lowest BCUT2D eigenvalue weighted by molar-refractivity contribution is 0.473. The van der Waals surface area contributed by atoms with Crippen LogP contribution in [0.5, 0.6) is 0 Å². The van der Waals surface area contributed by atoms with Crippen LogP contribution in [0, 0.1) is 0 Å². The van der Waals surface area contributed by atoms with E-state index in [1.54, 1.807) is 0 Å². The molecule has 0 spiro atoms. The van der Waals surface area contributed by atoms with E-state index in [2.05, 4.69) is 20.3 Å². The van der Waals surface area contributed by atoms with Crippen LogP contribution in [0.25, 0.3) is 0 Å². The van der Waals surface area contributed by atoms with Gasteiger partial charge in [0.2, 0.25) is 11.9 Å². The molecule has 0 saturated heterocycles. The number of aliphatic hydroxyl groups excluding tert-OH is 1. The van der Waals surface area contributed by atoms with Crippen molar-refractivity contribution < 1.29 is 5.11 Å². The first-order valence-electron chi connectivity index (χ1n) is 3.02. The molecule has 1 heterocycles. The van der Waals surface area contributed by atoms with Crippen LogP contribution in [-0.2, 0) is 0 Å². The van der Waals surface area contributed by atoms with Crippen molar-refractivity contribution in [3.8, 4) is 0 Å². The fourth-order valence-corrected chi connectivity index (χ4v) is 0.577. The van der Waals surface area contributed by atoms with Crippen LogP contribution in [0.1, 0.15) is 0 Å². The Morgan fingerprint density at radius 1 is 1.43 bits per heavy atom. The molecule has 9 heteroatoms. The van der Waals surface area contributed by atoms with Gasteiger partial charge in [0.25, 0.3) is 0 Å². The molecule has 0 bridgehead atoms. The Morgan fingerprint density at radius 2 is 2.07 bits per heavy atom. The van der Waals surface area contributed by atoms with Crippen LogP contribution in [-0.4, -0.2) is 20.1 Å². The van der Waals surface area contributed by atoms with Crippen LogP contribution >= 0.6 is 24.8 Å². The quantitative estimate of drug-likeness (QED) is 0.543. The van der Waals surface area contributed by atoms with E-state index in [1.807, 2.05) is 0 Å². The fourth-order valence-electron chi connectivity index (χ4n) is 0.577. The van der Waals surface area contributed by atoms with Crippen LogP contribution in [0.15, 0.2) is 17.3 Å². The molecule has 0 radical (unpaired) electrons. The second-order valence-electron chi connectivity index (χ2n) is 1.82. The van der Waals surface area contributed by atoms with E-state index in [4.69, 9.17) is 10.8 Å². The maximum absolute atomic E-state index is 10.7. The lowest BCUT2D eigenvalue weighted by Gasteiger charge is -1.96. The lowest BCUT2D eigenvalue weighted by Crippen LogP contribution is -2.16. The summed E-state index contributed by atoms with van der Waals surface area (Å²) in [6.07, 6.45) is 1.91. The van der Waals surface area contributed by atoms with Crippen molar-refractivity contribution in [2.24, 2.45) is 0 Å². The summed E-state index contributed by atoms with van der Waals surface area (Å²) < 4.78 is 0. The van der Waals surface area contributed by atoms with Crippen molar-refractivity contribution in [3.05, 3.63) is 22.9 Å². The summed E-state index contributed by atoms with van der Waals surface area (Å²) in [5, 5.41) is 10.7. The maximum atomic E-state index is 10.7. The largest absolute Gasteiger partial charge is 0.514 e. The van der Waals surface area contributed by atoms with Crippen LogP contribution in [0.2, 0.25) is 0 Å². The molecule has 1 aromatic rings. The Hall–Kier alpha value is -1.47. The highest BCUT2D eigenvalue weighted by atomic mass is 35.5. The zero-order valence-electron chi connectivity index (χ0n) is 6.80. The Bertz CT molecular complexity index is 352. The summed E-state index contributed by atoms with van der Waals surface area (Å²) in [4.78, 5) is 19.8. The SMILES string of the molecule is Cl.Cl.Nc1nc(NC=CO)nc(=O)[nH]1. The van der Waals surface area contributed by atoms with Crippen molar-refractivity contribution in [2.45, 2.75) is 0 Å². The minimum atomic E-state index is -0.601. The number of hydrogen-bond acceptors (Lipinski definition) is 6. The fraction of sp³-hybridized carbons (Fsp3) is 0. The Kier molecular flexibility index (Phi) is 7.49. The highest BCUT2D eigenvalue weighted by molar-refractivity contribution is 5.85. The van der Waals surface area contributed by atoms with Gasteiger partial charge in [-0.1, -0.05) is 0 Å². The van der Waals surface area contributed by atoms with Gasteiger partial charge < -0.3 is 16.2 Å². The number of nitrogens with one attached hydrogen (secondary N) is 2. The predicted octanol–water partition coefficient (Wildman–Crippen LogP) is 0.0318. The number of aromatic nitrogens is 3. The average molecular weight is 242 g/mol. The molecule has 0 aliphatic rings. The third-order valence-corrected chi connectivity index (χ3v) is 0.956. The molecule has 0 amide bonds. The van der Waals surface area contributed by atoms with E-state index in [0.717, 1.165) is 12.5 Å². The van der Waals surface area contributed by atoms with E-state index in [9.17, 15) is 4.79 Å². The Balaban J connectivity index is 0. The van der Waals surface area contributed by atoms with Gasteiger partial charge in [-0.05, 0) is 0 Å². The smallest absolute Gasteiger partial charge is 0.350 e. The average Bonchev–Trinajstić information content (AvgIpc) is 1.99. The second-order valence-corrected chi connectivity index (χ2v) is 1.82. The molecule has 0 atom stereocenters. The number of aromatic amines is 1. The van der Waals surface area contributed by atoms with Gasteiger partial charge in [-0.2, -0.15) is 9.97 Å². The number of nitrogens with two attached hydrogens (primary N) is 1. The molecule has 0 aliphatic heterocycles.